The summed E-state index contributed by atoms with van der Waals surface area (Å²) in [5.74, 6) is 0.422. The predicted octanol–water partition coefficient (Wildman–Crippen LogP) is 5.41. The van der Waals surface area contributed by atoms with E-state index in [1.54, 1.807) is 29.7 Å². The first-order valence-electron chi connectivity index (χ1n) is 9.50. The van der Waals surface area contributed by atoms with Gasteiger partial charge in [-0.05, 0) is 51.2 Å². The number of aliphatic imine (C=N–C) groups is 1. The van der Waals surface area contributed by atoms with Crippen molar-refractivity contribution in [2.24, 2.45) is 4.99 Å². The van der Waals surface area contributed by atoms with Gasteiger partial charge < -0.3 is 9.84 Å². The summed E-state index contributed by atoms with van der Waals surface area (Å²) in [7, 11) is 1.50. The standard InChI is InChI=1S/C23H20BrN3O2S/c1-29-20-10-16(9-19(24)22(20)28)12-26-23-18(11-25)17-7-8-27(14-21(17)30-23)13-15-5-3-2-4-6-15/h2-6,9-10,12,28H,7-8,13-14H2,1H3/b26-12+. The zero-order chi connectivity index (χ0) is 21.1. The quantitative estimate of drug-likeness (QED) is 0.494. The van der Waals surface area contributed by atoms with Gasteiger partial charge in [-0.2, -0.15) is 5.26 Å². The van der Waals surface area contributed by atoms with E-state index in [0.717, 1.165) is 42.2 Å². The predicted molar refractivity (Wildman–Crippen MR) is 123 cm³/mol. The number of hydrogen-bond donors (Lipinski definition) is 1. The first-order chi connectivity index (χ1) is 14.6. The third-order valence-electron chi connectivity index (χ3n) is 5.08. The van der Waals surface area contributed by atoms with Gasteiger partial charge in [0.25, 0.3) is 0 Å². The van der Waals surface area contributed by atoms with Crippen LogP contribution in [0.2, 0.25) is 0 Å². The van der Waals surface area contributed by atoms with Crippen molar-refractivity contribution in [3.63, 3.8) is 0 Å². The van der Waals surface area contributed by atoms with Gasteiger partial charge in [-0.25, -0.2) is 4.99 Å². The minimum atomic E-state index is 0.0532. The van der Waals surface area contributed by atoms with Gasteiger partial charge in [-0.1, -0.05) is 30.3 Å². The first-order valence-corrected chi connectivity index (χ1v) is 11.1. The van der Waals surface area contributed by atoms with Crippen LogP contribution in [0.15, 0.2) is 51.9 Å². The van der Waals surface area contributed by atoms with E-state index in [4.69, 9.17) is 4.74 Å². The van der Waals surface area contributed by atoms with E-state index in [2.05, 4.69) is 56.2 Å². The molecule has 0 spiro atoms. The lowest BCUT2D eigenvalue weighted by Gasteiger charge is -2.26. The minimum absolute atomic E-state index is 0.0532. The van der Waals surface area contributed by atoms with Crippen LogP contribution < -0.4 is 4.74 Å². The summed E-state index contributed by atoms with van der Waals surface area (Å²) in [6, 6.07) is 16.3. The summed E-state index contributed by atoms with van der Waals surface area (Å²) >= 11 is 4.91. The number of ether oxygens (including phenoxy) is 1. The Kier molecular flexibility index (Phi) is 6.18. The Labute approximate surface area is 188 Å². The summed E-state index contributed by atoms with van der Waals surface area (Å²) in [4.78, 5) is 8.22. The van der Waals surface area contributed by atoms with Gasteiger partial charge in [0.05, 0.1) is 17.1 Å². The number of rotatable bonds is 5. The number of fused-ring (bicyclic) bond motifs is 1. The van der Waals surface area contributed by atoms with Gasteiger partial charge in [0.2, 0.25) is 0 Å². The maximum absolute atomic E-state index is 9.97. The van der Waals surface area contributed by atoms with Crippen LogP contribution >= 0.6 is 27.3 Å². The second-order valence-corrected chi connectivity index (χ2v) is 8.99. The first kappa shape index (κ1) is 20.6. The molecule has 0 aliphatic carbocycles. The molecule has 1 aromatic heterocycles. The number of aromatic hydroxyl groups is 1. The lowest BCUT2D eigenvalue weighted by Crippen LogP contribution is -2.29. The van der Waals surface area contributed by atoms with Crippen LogP contribution in [0.1, 0.15) is 27.1 Å². The highest BCUT2D eigenvalue weighted by Gasteiger charge is 2.24. The summed E-state index contributed by atoms with van der Waals surface area (Å²) in [5.41, 5.74) is 3.87. The second-order valence-electron chi connectivity index (χ2n) is 7.05. The fourth-order valence-electron chi connectivity index (χ4n) is 3.58. The van der Waals surface area contributed by atoms with Crippen molar-refractivity contribution in [2.75, 3.05) is 13.7 Å². The molecule has 5 nitrogen and oxygen atoms in total. The molecule has 0 radical (unpaired) electrons. The molecular formula is C23H20BrN3O2S. The van der Waals surface area contributed by atoms with E-state index in [1.807, 2.05) is 6.07 Å². The number of benzene rings is 2. The summed E-state index contributed by atoms with van der Waals surface area (Å²) < 4.78 is 5.73. The number of methoxy groups -OCH3 is 1. The number of nitriles is 1. The van der Waals surface area contributed by atoms with Crippen LogP contribution in [0.5, 0.6) is 11.5 Å². The normalized spacial score (nSPS) is 13.9. The molecule has 0 saturated heterocycles. The van der Waals surface area contributed by atoms with Gasteiger partial charge in [0.15, 0.2) is 11.5 Å². The van der Waals surface area contributed by atoms with E-state index in [9.17, 15) is 10.4 Å². The lowest BCUT2D eigenvalue weighted by molar-refractivity contribution is 0.249. The van der Waals surface area contributed by atoms with Crippen LogP contribution in [0.3, 0.4) is 0 Å². The molecule has 1 N–H and O–H groups in total. The third-order valence-corrected chi connectivity index (χ3v) is 6.81. The van der Waals surface area contributed by atoms with Gasteiger partial charge in [-0.3, -0.25) is 4.90 Å². The lowest BCUT2D eigenvalue weighted by atomic mass is 10.0. The Hall–Kier alpha value is -2.66. The van der Waals surface area contributed by atoms with Crippen molar-refractivity contribution >= 4 is 38.5 Å². The highest BCUT2D eigenvalue weighted by atomic mass is 79.9. The Morgan fingerprint density at radius 3 is 2.87 bits per heavy atom. The highest BCUT2D eigenvalue weighted by Crippen LogP contribution is 2.39. The number of phenolic OH excluding ortho intramolecular Hbond substituents is 1. The molecular weight excluding hydrogens is 462 g/mol. The third kappa shape index (κ3) is 4.26. The summed E-state index contributed by atoms with van der Waals surface area (Å²) in [5, 5.41) is 20.4. The number of thiophene rings is 1. The average molecular weight is 482 g/mol. The number of phenols is 1. The molecule has 0 atom stereocenters. The van der Waals surface area contributed by atoms with Gasteiger partial charge >= 0.3 is 0 Å². The van der Waals surface area contributed by atoms with Crippen molar-refractivity contribution < 1.29 is 9.84 Å². The van der Waals surface area contributed by atoms with Crippen LogP contribution in [0.25, 0.3) is 0 Å². The van der Waals surface area contributed by atoms with Crippen LogP contribution in [-0.4, -0.2) is 29.9 Å². The molecule has 0 fully saturated rings. The fourth-order valence-corrected chi connectivity index (χ4v) is 5.23. The second kappa shape index (κ2) is 9.00. The van der Waals surface area contributed by atoms with E-state index in [0.29, 0.717) is 15.8 Å². The number of nitrogens with zero attached hydrogens (tertiary/aromatic N) is 3. The maximum Gasteiger partial charge on any atom is 0.172 e. The Balaban J connectivity index is 1.57. The van der Waals surface area contributed by atoms with E-state index >= 15 is 0 Å². The largest absolute Gasteiger partial charge is 0.503 e. The van der Waals surface area contributed by atoms with Gasteiger partial charge in [0, 0.05) is 30.7 Å². The van der Waals surface area contributed by atoms with E-state index in [1.165, 1.54) is 17.6 Å². The zero-order valence-corrected chi connectivity index (χ0v) is 18.8. The van der Waals surface area contributed by atoms with E-state index < -0.39 is 0 Å². The Morgan fingerprint density at radius 1 is 1.33 bits per heavy atom. The topological polar surface area (TPSA) is 68.8 Å². The molecule has 1 aliphatic heterocycles. The van der Waals surface area contributed by atoms with Crippen molar-refractivity contribution in [3.05, 3.63) is 74.1 Å². The van der Waals surface area contributed by atoms with Crippen molar-refractivity contribution in [1.82, 2.24) is 4.90 Å². The molecule has 30 heavy (non-hydrogen) atoms. The minimum Gasteiger partial charge on any atom is -0.503 e. The average Bonchev–Trinajstić information content (AvgIpc) is 3.11. The number of halogens is 1. The molecule has 2 heterocycles. The molecule has 3 aromatic rings. The Bertz CT molecular complexity index is 1140. The maximum atomic E-state index is 9.97. The van der Waals surface area contributed by atoms with Crippen molar-refractivity contribution in [2.45, 2.75) is 19.5 Å². The SMILES string of the molecule is COc1cc(/C=N/c2sc3c(c2C#N)CCN(Cc2ccccc2)C3)cc(Br)c1O. The highest BCUT2D eigenvalue weighted by molar-refractivity contribution is 9.10. The molecule has 152 valence electrons. The van der Waals surface area contributed by atoms with Gasteiger partial charge in [-0.15, -0.1) is 11.3 Å². The Morgan fingerprint density at radius 2 is 2.13 bits per heavy atom. The zero-order valence-electron chi connectivity index (χ0n) is 16.4. The van der Waals surface area contributed by atoms with Crippen molar-refractivity contribution in [3.8, 4) is 17.6 Å². The van der Waals surface area contributed by atoms with Gasteiger partial charge in [0.1, 0.15) is 11.1 Å². The molecule has 4 rings (SSSR count). The molecule has 2 aromatic carbocycles. The smallest absolute Gasteiger partial charge is 0.172 e. The monoisotopic (exact) mass is 481 g/mol. The van der Waals surface area contributed by atoms with Crippen molar-refractivity contribution in [1.29, 1.82) is 5.26 Å². The van der Waals surface area contributed by atoms with Crippen LogP contribution in [0, 0.1) is 11.3 Å². The van der Waals surface area contributed by atoms with Crippen LogP contribution in [-0.2, 0) is 19.5 Å². The molecule has 7 heteroatoms. The molecule has 0 unspecified atom stereocenters. The fraction of sp³-hybridized carbons (Fsp3) is 0.217. The van der Waals surface area contributed by atoms with E-state index in [-0.39, 0.29) is 5.75 Å². The molecule has 0 amide bonds. The molecule has 1 aliphatic rings. The summed E-state index contributed by atoms with van der Waals surface area (Å²) in [6.45, 7) is 2.66. The number of hydrogen-bond acceptors (Lipinski definition) is 6. The van der Waals surface area contributed by atoms with Crippen LogP contribution in [0.4, 0.5) is 5.00 Å². The molecule has 0 saturated carbocycles. The summed E-state index contributed by atoms with van der Waals surface area (Å²) in [6.07, 6.45) is 2.56. The molecule has 0 bridgehead atoms.